The van der Waals surface area contributed by atoms with Crippen LogP contribution in [0, 0.1) is 5.92 Å². The van der Waals surface area contributed by atoms with Gasteiger partial charge in [-0.05, 0) is 68.9 Å². The molecule has 1 spiro atoms. The zero-order chi connectivity index (χ0) is 12.5. The van der Waals surface area contributed by atoms with Crippen LogP contribution < -0.4 is 5.32 Å². The van der Waals surface area contributed by atoms with Crippen molar-refractivity contribution < 1.29 is 4.74 Å². The fourth-order valence-electron chi connectivity index (χ4n) is 4.36. The number of thioether (sulfide) groups is 1. The lowest BCUT2D eigenvalue weighted by atomic mass is 9.70. The lowest BCUT2D eigenvalue weighted by Crippen LogP contribution is -2.53. The Balaban J connectivity index is 1.72. The third-order valence-electron chi connectivity index (χ3n) is 5.59. The number of hydrogen-bond acceptors (Lipinski definition) is 3. The summed E-state index contributed by atoms with van der Waals surface area (Å²) in [5.74, 6) is 3.46. The summed E-state index contributed by atoms with van der Waals surface area (Å²) in [4.78, 5) is 0. The van der Waals surface area contributed by atoms with Gasteiger partial charge in [0.1, 0.15) is 0 Å². The average Bonchev–Trinajstić information content (AvgIpc) is 2.90. The molecule has 18 heavy (non-hydrogen) atoms. The Labute approximate surface area is 116 Å². The summed E-state index contributed by atoms with van der Waals surface area (Å²) >= 11 is 2.11. The number of ether oxygens (including phenoxy) is 1. The lowest BCUT2D eigenvalue weighted by Gasteiger charge is -2.49. The standard InChI is InChI=1S/C15H27NOS/c1-2-15(5-3-8-16-15)13-4-9-17-14(12-13)6-10-18-11-7-14/h13,16H,2-12H2,1H3. The molecule has 1 N–H and O–H groups in total. The number of rotatable bonds is 2. The van der Waals surface area contributed by atoms with Crippen molar-refractivity contribution in [2.75, 3.05) is 24.7 Å². The molecule has 3 fully saturated rings. The second kappa shape index (κ2) is 5.34. The van der Waals surface area contributed by atoms with E-state index < -0.39 is 0 Å². The molecule has 3 saturated heterocycles. The molecule has 0 bridgehead atoms. The van der Waals surface area contributed by atoms with E-state index in [9.17, 15) is 0 Å². The van der Waals surface area contributed by atoms with Crippen molar-refractivity contribution in [1.82, 2.24) is 5.32 Å². The van der Waals surface area contributed by atoms with Crippen LogP contribution in [-0.4, -0.2) is 35.8 Å². The Bertz CT molecular complexity index is 277. The predicted molar refractivity (Wildman–Crippen MR) is 78.2 cm³/mol. The molecule has 3 aliphatic heterocycles. The molecule has 3 aliphatic rings. The van der Waals surface area contributed by atoms with Crippen molar-refractivity contribution in [3.63, 3.8) is 0 Å². The molecule has 104 valence electrons. The van der Waals surface area contributed by atoms with Crippen LogP contribution in [0.3, 0.4) is 0 Å². The first kappa shape index (κ1) is 13.3. The maximum atomic E-state index is 6.24. The van der Waals surface area contributed by atoms with E-state index in [1.165, 1.54) is 63.0 Å². The molecule has 0 aliphatic carbocycles. The number of hydrogen-bond donors (Lipinski definition) is 1. The van der Waals surface area contributed by atoms with Gasteiger partial charge in [0.05, 0.1) is 5.60 Å². The molecule has 0 aromatic carbocycles. The smallest absolute Gasteiger partial charge is 0.0701 e. The molecule has 3 rings (SSSR count). The third kappa shape index (κ3) is 2.34. The Morgan fingerprint density at radius 3 is 2.78 bits per heavy atom. The maximum Gasteiger partial charge on any atom is 0.0701 e. The highest BCUT2D eigenvalue weighted by Crippen LogP contribution is 2.45. The van der Waals surface area contributed by atoms with Crippen molar-refractivity contribution in [2.24, 2.45) is 5.92 Å². The van der Waals surface area contributed by atoms with Gasteiger partial charge in [0.2, 0.25) is 0 Å². The van der Waals surface area contributed by atoms with E-state index in [0.29, 0.717) is 5.54 Å². The van der Waals surface area contributed by atoms with Crippen molar-refractivity contribution in [3.05, 3.63) is 0 Å². The normalized spacial score (nSPS) is 40.2. The lowest BCUT2D eigenvalue weighted by molar-refractivity contribution is -0.115. The minimum absolute atomic E-state index is 0.251. The highest BCUT2D eigenvalue weighted by Gasteiger charge is 2.47. The average molecular weight is 269 g/mol. The van der Waals surface area contributed by atoms with Gasteiger partial charge >= 0.3 is 0 Å². The Morgan fingerprint density at radius 2 is 2.11 bits per heavy atom. The van der Waals surface area contributed by atoms with Gasteiger partial charge in [-0.3, -0.25) is 0 Å². The van der Waals surface area contributed by atoms with E-state index in [2.05, 4.69) is 24.0 Å². The minimum atomic E-state index is 0.251. The fraction of sp³-hybridized carbons (Fsp3) is 1.00. The SMILES string of the molecule is CCC1(C2CCOC3(CCSCC3)C2)CCCN1. The summed E-state index contributed by atoms with van der Waals surface area (Å²) in [6, 6.07) is 0. The first-order chi connectivity index (χ1) is 8.79. The number of nitrogens with one attached hydrogen (secondary N) is 1. The van der Waals surface area contributed by atoms with Gasteiger partial charge in [0, 0.05) is 12.1 Å². The van der Waals surface area contributed by atoms with Gasteiger partial charge in [0.15, 0.2) is 0 Å². The molecule has 0 amide bonds. The highest BCUT2D eigenvalue weighted by molar-refractivity contribution is 7.99. The maximum absolute atomic E-state index is 6.24. The second-order valence-electron chi connectivity index (χ2n) is 6.37. The Morgan fingerprint density at radius 1 is 1.28 bits per heavy atom. The molecule has 3 heteroatoms. The molecular formula is C15H27NOS. The third-order valence-corrected chi connectivity index (χ3v) is 6.57. The highest BCUT2D eigenvalue weighted by atomic mass is 32.2. The molecular weight excluding hydrogens is 242 g/mol. The van der Waals surface area contributed by atoms with Gasteiger partial charge in [-0.2, -0.15) is 11.8 Å². The van der Waals surface area contributed by atoms with Crippen LogP contribution in [0.4, 0.5) is 0 Å². The van der Waals surface area contributed by atoms with E-state index in [-0.39, 0.29) is 5.60 Å². The van der Waals surface area contributed by atoms with Gasteiger partial charge in [-0.15, -0.1) is 0 Å². The van der Waals surface area contributed by atoms with Crippen LogP contribution in [0.25, 0.3) is 0 Å². The molecule has 2 nitrogen and oxygen atoms in total. The van der Waals surface area contributed by atoms with E-state index in [0.717, 1.165) is 12.5 Å². The van der Waals surface area contributed by atoms with Crippen LogP contribution in [0.5, 0.6) is 0 Å². The molecule has 2 atom stereocenters. The van der Waals surface area contributed by atoms with Crippen molar-refractivity contribution in [3.8, 4) is 0 Å². The quantitative estimate of drug-likeness (QED) is 0.832. The van der Waals surface area contributed by atoms with Gasteiger partial charge < -0.3 is 10.1 Å². The molecule has 2 unspecified atom stereocenters. The summed E-state index contributed by atoms with van der Waals surface area (Å²) in [5.41, 5.74) is 0.696. The van der Waals surface area contributed by atoms with Crippen molar-refractivity contribution in [2.45, 2.75) is 63.0 Å². The molecule has 0 saturated carbocycles. The molecule has 0 aromatic heterocycles. The summed E-state index contributed by atoms with van der Waals surface area (Å²) in [5, 5.41) is 3.85. The largest absolute Gasteiger partial charge is 0.375 e. The predicted octanol–water partition coefficient (Wildman–Crippen LogP) is 3.21. The Kier molecular flexibility index (Phi) is 3.93. The minimum Gasteiger partial charge on any atom is -0.375 e. The molecule has 0 aromatic rings. The summed E-state index contributed by atoms with van der Waals surface area (Å²) in [7, 11) is 0. The fourth-order valence-corrected chi connectivity index (χ4v) is 5.60. The van der Waals surface area contributed by atoms with E-state index >= 15 is 0 Å². The first-order valence-corrected chi connectivity index (χ1v) is 8.91. The van der Waals surface area contributed by atoms with Crippen LogP contribution in [-0.2, 0) is 4.74 Å². The molecule has 0 radical (unpaired) electrons. The van der Waals surface area contributed by atoms with Crippen molar-refractivity contribution in [1.29, 1.82) is 0 Å². The summed E-state index contributed by atoms with van der Waals surface area (Å²) in [6.07, 6.45) is 9.21. The van der Waals surface area contributed by atoms with Crippen LogP contribution >= 0.6 is 11.8 Å². The van der Waals surface area contributed by atoms with Crippen molar-refractivity contribution >= 4 is 11.8 Å². The van der Waals surface area contributed by atoms with Crippen LogP contribution in [0.2, 0.25) is 0 Å². The van der Waals surface area contributed by atoms with Crippen LogP contribution in [0.1, 0.15) is 51.9 Å². The first-order valence-electron chi connectivity index (χ1n) is 7.75. The van der Waals surface area contributed by atoms with Gasteiger partial charge in [-0.25, -0.2) is 0 Å². The second-order valence-corrected chi connectivity index (χ2v) is 7.60. The van der Waals surface area contributed by atoms with E-state index in [1.807, 2.05) is 0 Å². The topological polar surface area (TPSA) is 21.3 Å². The van der Waals surface area contributed by atoms with E-state index in [4.69, 9.17) is 4.74 Å². The Hall–Kier alpha value is 0.270. The summed E-state index contributed by atoms with van der Waals surface area (Å²) < 4.78 is 6.24. The van der Waals surface area contributed by atoms with Gasteiger partial charge in [-0.1, -0.05) is 6.92 Å². The zero-order valence-electron chi connectivity index (χ0n) is 11.7. The van der Waals surface area contributed by atoms with Crippen LogP contribution in [0.15, 0.2) is 0 Å². The summed E-state index contributed by atoms with van der Waals surface area (Å²) in [6.45, 7) is 4.60. The zero-order valence-corrected chi connectivity index (χ0v) is 12.5. The monoisotopic (exact) mass is 269 g/mol. The molecule has 3 heterocycles. The van der Waals surface area contributed by atoms with E-state index in [1.54, 1.807) is 0 Å². The van der Waals surface area contributed by atoms with Gasteiger partial charge in [0.25, 0.3) is 0 Å².